The summed E-state index contributed by atoms with van der Waals surface area (Å²) in [6.07, 6.45) is 0.812. The molecule has 0 atom stereocenters. The average molecular weight is 297 g/mol. The van der Waals surface area contributed by atoms with Crippen molar-refractivity contribution in [3.63, 3.8) is 0 Å². The summed E-state index contributed by atoms with van der Waals surface area (Å²) in [5.74, 6) is -0.928. The van der Waals surface area contributed by atoms with E-state index in [-0.39, 0.29) is 5.41 Å². The highest BCUT2D eigenvalue weighted by atomic mass is 16.4. The van der Waals surface area contributed by atoms with E-state index < -0.39 is 5.97 Å². The number of aromatic nitrogens is 1. The number of hydrogen-bond acceptors (Lipinski definition) is 2. The summed E-state index contributed by atoms with van der Waals surface area (Å²) in [5, 5.41) is 9.55. The smallest absolute Gasteiger partial charge is 0.338 e. The number of benzene rings is 1. The highest BCUT2D eigenvalue weighted by Gasteiger charge is 2.20. The first-order valence-electron chi connectivity index (χ1n) is 7.48. The predicted octanol–water partition coefficient (Wildman–Crippen LogP) is 4.65. The lowest BCUT2D eigenvalue weighted by Crippen LogP contribution is -2.13. The maximum Gasteiger partial charge on any atom is 0.338 e. The molecular formula is C19H23NO2. The molecule has 0 saturated heterocycles. The lowest BCUT2D eigenvalue weighted by Gasteiger charge is -2.19. The summed E-state index contributed by atoms with van der Waals surface area (Å²) in [7, 11) is 0. The molecule has 2 aromatic rings. The van der Waals surface area contributed by atoms with Crippen LogP contribution < -0.4 is 0 Å². The molecule has 0 unspecified atom stereocenters. The van der Waals surface area contributed by atoms with Gasteiger partial charge in [0.25, 0.3) is 0 Å². The van der Waals surface area contributed by atoms with Crippen LogP contribution >= 0.6 is 0 Å². The number of aryl methyl sites for hydroxylation is 2. The summed E-state index contributed by atoms with van der Waals surface area (Å²) in [5.41, 5.74) is 4.73. The third-order valence-electron chi connectivity index (χ3n) is 3.54. The van der Waals surface area contributed by atoms with Gasteiger partial charge in [0.1, 0.15) is 0 Å². The van der Waals surface area contributed by atoms with Gasteiger partial charge in [0.05, 0.1) is 11.3 Å². The van der Waals surface area contributed by atoms with Gasteiger partial charge in [-0.3, -0.25) is 4.98 Å². The van der Waals surface area contributed by atoms with Crippen LogP contribution in [0.1, 0.15) is 48.1 Å². The minimum Gasteiger partial charge on any atom is -0.478 e. The second-order valence-electron chi connectivity index (χ2n) is 7.03. The number of carbonyl (C=O) groups is 1. The summed E-state index contributed by atoms with van der Waals surface area (Å²) in [6, 6.07) is 9.86. The Morgan fingerprint density at radius 1 is 1.14 bits per heavy atom. The topological polar surface area (TPSA) is 50.2 Å². The van der Waals surface area contributed by atoms with Crippen LogP contribution in [0.4, 0.5) is 0 Å². The van der Waals surface area contributed by atoms with Crippen molar-refractivity contribution in [1.82, 2.24) is 4.98 Å². The fourth-order valence-electron chi connectivity index (χ4n) is 2.60. The first-order valence-corrected chi connectivity index (χ1v) is 7.48. The van der Waals surface area contributed by atoms with E-state index in [4.69, 9.17) is 0 Å². The molecule has 116 valence electrons. The van der Waals surface area contributed by atoms with Crippen LogP contribution in [-0.4, -0.2) is 16.1 Å². The number of aromatic carboxylic acids is 1. The number of carboxylic acid groups (broad SMARTS) is 1. The van der Waals surface area contributed by atoms with Crippen molar-refractivity contribution in [2.24, 2.45) is 5.41 Å². The van der Waals surface area contributed by atoms with Gasteiger partial charge in [-0.15, -0.1) is 0 Å². The average Bonchev–Trinajstić information content (AvgIpc) is 2.36. The molecule has 22 heavy (non-hydrogen) atoms. The van der Waals surface area contributed by atoms with Crippen molar-refractivity contribution in [3.8, 4) is 11.1 Å². The van der Waals surface area contributed by atoms with E-state index in [1.54, 1.807) is 6.92 Å². The van der Waals surface area contributed by atoms with Crippen LogP contribution in [0.25, 0.3) is 11.1 Å². The van der Waals surface area contributed by atoms with E-state index in [9.17, 15) is 9.90 Å². The molecule has 0 bridgehead atoms. The second-order valence-corrected chi connectivity index (χ2v) is 7.03. The SMILES string of the molecule is Cc1ccc(-c2cc(CC(C)(C)C)nc(C)c2C(=O)O)cc1. The highest BCUT2D eigenvalue weighted by Crippen LogP contribution is 2.29. The van der Waals surface area contributed by atoms with Gasteiger partial charge in [0.15, 0.2) is 0 Å². The van der Waals surface area contributed by atoms with E-state index in [0.29, 0.717) is 11.3 Å². The standard InChI is InChI=1S/C19H23NO2/c1-12-6-8-14(9-7-12)16-10-15(11-19(3,4)5)20-13(2)17(16)18(21)22/h6-10H,11H2,1-5H3,(H,21,22). The van der Waals surface area contributed by atoms with Crippen LogP contribution in [0.2, 0.25) is 0 Å². The van der Waals surface area contributed by atoms with Gasteiger partial charge in [-0.1, -0.05) is 50.6 Å². The first kappa shape index (κ1) is 16.2. The third kappa shape index (κ3) is 3.73. The molecule has 0 amide bonds. The number of rotatable bonds is 3. The minimum absolute atomic E-state index is 0.106. The molecule has 0 aliphatic heterocycles. The molecule has 0 aliphatic carbocycles. The summed E-state index contributed by atoms with van der Waals surface area (Å²) in [4.78, 5) is 16.1. The zero-order chi connectivity index (χ0) is 16.5. The Bertz CT molecular complexity index is 695. The monoisotopic (exact) mass is 297 g/mol. The first-order chi connectivity index (χ1) is 10.2. The molecule has 1 heterocycles. The fraction of sp³-hybridized carbons (Fsp3) is 0.368. The normalized spacial score (nSPS) is 11.5. The van der Waals surface area contributed by atoms with Gasteiger partial charge in [0.2, 0.25) is 0 Å². The largest absolute Gasteiger partial charge is 0.478 e. The summed E-state index contributed by atoms with van der Waals surface area (Å²) >= 11 is 0. The zero-order valence-corrected chi connectivity index (χ0v) is 13.9. The van der Waals surface area contributed by atoms with E-state index >= 15 is 0 Å². The quantitative estimate of drug-likeness (QED) is 0.897. The van der Waals surface area contributed by atoms with E-state index in [2.05, 4.69) is 25.8 Å². The van der Waals surface area contributed by atoms with Crippen molar-refractivity contribution < 1.29 is 9.90 Å². The van der Waals surface area contributed by atoms with Gasteiger partial charge in [-0.05, 0) is 42.9 Å². The van der Waals surface area contributed by atoms with E-state index in [1.807, 2.05) is 37.3 Å². The van der Waals surface area contributed by atoms with Crippen molar-refractivity contribution >= 4 is 5.97 Å². The van der Waals surface area contributed by atoms with Crippen LogP contribution in [-0.2, 0) is 6.42 Å². The molecule has 1 N–H and O–H groups in total. The molecule has 0 saturated carbocycles. The van der Waals surface area contributed by atoms with Gasteiger partial charge >= 0.3 is 5.97 Å². The molecule has 1 aromatic carbocycles. The molecule has 0 radical (unpaired) electrons. The Hall–Kier alpha value is -2.16. The van der Waals surface area contributed by atoms with Crippen LogP contribution in [0.3, 0.4) is 0 Å². The molecule has 3 heteroatoms. The molecule has 1 aromatic heterocycles. The van der Waals surface area contributed by atoms with Crippen molar-refractivity contribution in [1.29, 1.82) is 0 Å². The fourth-order valence-corrected chi connectivity index (χ4v) is 2.60. The summed E-state index contributed by atoms with van der Waals surface area (Å²) < 4.78 is 0. The molecular weight excluding hydrogens is 274 g/mol. The summed E-state index contributed by atoms with van der Waals surface area (Å²) in [6.45, 7) is 10.3. The van der Waals surface area contributed by atoms with Gasteiger partial charge in [0, 0.05) is 5.69 Å². The Balaban J connectivity index is 2.62. The predicted molar refractivity (Wildman–Crippen MR) is 89.3 cm³/mol. The van der Waals surface area contributed by atoms with Crippen LogP contribution in [0, 0.1) is 19.3 Å². The maximum atomic E-state index is 11.6. The second kappa shape index (κ2) is 5.91. The number of carboxylic acids is 1. The number of nitrogens with zero attached hydrogens (tertiary/aromatic N) is 1. The van der Waals surface area contributed by atoms with Gasteiger partial charge in [-0.2, -0.15) is 0 Å². The highest BCUT2D eigenvalue weighted by molar-refractivity contribution is 5.97. The van der Waals surface area contributed by atoms with E-state index in [0.717, 1.165) is 28.8 Å². The number of hydrogen-bond donors (Lipinski definition) is 1. The molecule has 2 rings (SSSR count). The minimum atomic E-state index is -0.928. The Morgan fingerprint density at radius 2 is 1.73 bits per heavy atom. The van der Waals surface area contributed by atoms with Crippen molar-refractivity contribution in [3.05, 3.63) is 52.8 Å². The molecule has 0 fully saturated rings. The Kier molecular flexibility index (Phi) is 4.36. The van der Waals surface area contributed by atoms with Gasteiger partial charge in [-0.25, -0.2) is 4.79 Å². The van der Waals surface area contributed by atoms with E-state index in [1.165, 1.54) is 0 Å². The lowest BCUT2D eigenvalue weighted by atomic mass is 9.88. The maximum absolute atomic E-state index is 11.6. The van der Waals surface area contributed by atoms with Crippen LogP contribution in [0.15, 0.2) is 30.3 Å². The third-order valence-corrected chi connectivity index (χ3v) is 3.54. The zero-order valence-electron chi connectivity index (χ0n) is 13.9. The Labute approximate surface area is 132 Å². The van der Waals surface area contributed by atoms with Crippen LogP contribution in [0.5, 0.6) is 0 Å². The van der Waals surface area contributed by atoms with Crippen molar-refractivity contribution in [2.45, 2.75) is 41.0 Å². The molecule has 0 aliphatic rings. The van der Waals surface area contributed by atoms with Gasteiger partial charge < -0.3 is 5.11 Å². The molecule has 3 nitrogen and oxygen atoms in total. The van der Waals surface area contributed by atoms with Crippen molar-refractivity contribution in [2.75, 3.05) is 0 Å². The number of pyridine rings is 1. The lowest BCUT2D eigenvalue weighted by molar-refractivity contribution is 0.0696. The Morgan fingerprint density at radius 3 is 2.23 bits per heavy atom. The molecule has 0 spiro atoms.